The van der Waals surface area contributed by atoms with Gasteiger partial charge in [-0.05, 0) is 43.2 Å². The number of hydrogen-bond donors (Lipinski definition) is 1. The highest BCUT2D eigenvalue weighted by atomic mass is 16.5. The van der Waals surface area contributed by atoms with Crippen molar-refractivity contribution in [3.8, 4) is 17.0 Å². The van der Waals surface area contributed by atoms with E-state index in [4.69, 9.17) is 4.74 Å². The first kappa shape index (κ1) is 18.2. The molecule has 1 saturated carbocycles. The zero-order valence-corrected chi connectivity index (χ0v) is 15.1. The summed E-state index contributed by atoms with van der Waals surface area (Å²) in [6, 6.07) is 10.8. The average molecular weight is 355 g/mol. The molecule has 0 unspecified atom stereocenters. The van der Waals surface area contributed by atoms with Crippen LogP contribution in [-0.4, -0.2) is 28.8 Å². The van der Waals surface area contributed by atoms with Gasteiger partial charge in [0.1, 0.15) is 12.3 Å². The van der Waals surface area contributed by atoms with Crippen LogP contribution in [0.3, 0.4) is 0 Å². The number of carbonyl (C=O) groups excluding carboxylic acids is 1. The van der Waals surface area contributed by atoms with E-state index in [1.54, 1.807) is 13.2 Å². The van der Waals surface area contributed by atoms with Gasteiger partial charge in [0.05, 0.1) is 12.8 Å². The zero-order valence-electron chi connectivity index (χ0n) is 15.1. The smallest absolute Gasteiger partial charge is 0.267 e. The van der Waals surface area contributed by atoms with E-state index in [0.29, 0.717) is 5.69 Å². The van der Waals surface area contributed by atoms with Gasteiger partial charge in [-0.1, -0.05) is 25.7 Å². The predicted molar refractivity (Wildman–Crippen MR) is 100 cm³/mol. The van der Waals surface area contributed by atoms with Crippen molar-refractivity contribution in [1.82, 2.24) is 15.1 Å². The minimum Gasteiger partial charge on any atom is -0.497 e. The molecule has 0 bridgehead atoms. The van der Waals surface area contributed by atoms with Crippen molar-refractivity contribution in [3.05, 3.63) is 46.8 Å². The molecule has 0 aliphatic heterocycles. The third-order valence-corrected chi connectivity index (χ3v) is 4.77. The summed E-state index contributed by atoms with van der Waals surface area (Å²) in [5.74, 6) is 0.600. The number of ether oxygens (including phenoxy) is 1. The molecule has 1 aliphatic carbocycles. The Balaban J connectivity index is 1.70. The fourth-order valence-corrected chi connectivity index (χ4v) is 3.31. The number of amides is 1. The first-order valence-electron chi connectivity index (χ1n) is 9.17. The van der Waals surface area contributed by atoms with Crippen LogP contribution in [0.15, 0.2) is 41.2 Å². The fourth-order valence-electron chi connectivity index (χ4n) is 3.31. The first-order chi connectivity index (χ1) is 12.7. The molecule has 0 saturated heterocycles. The van der Waals surface area contributed by atoms with E-state index in [2.05, 4.69) is 10.4 Å². The highest BCUT2D eigenvalue weighted by Gasteiger charge is 2.15. The molecular weight excluding hydrogens is 330 g/mol. The van der Waals surface area contributed by atoms with E-state index >= 15 is 0 Å². The first-order valence-corrected chi connectivity index (χ1v) is 9.17. The SMILES string of the molecule is COc1ccc(-c2ccc(=O)n(CC(=O)NC3CCCCCC3)n2)cc1. The number of rotatable bonds is 5. The Morgan fingerprint density at radius 2 is 1.81 bits per heavy atom. The standard InChI is InChI=1S/C20H25N3O3/c1-26-17-10-8-15(9-11-17)18-12-13-20(25)23(22-18)14-19(24)21-16-6-4-2-3-5-7-16/h8-13,16H,2-7,14H2,1H3,(H,21,24). The Morgan fingerprint density at radius 1 is 1.12 bits per heavy atom. The molecule has 6 heteroatoms. The molecule has 1 heterocycles. The van der Waals surface area contributed by atoms with Crippen LogP contribution < -0.4 is 15.6 Å². The quantitative estimate of drug-likeness (QED) is 0.837. The minimum atomic E-state index is -0.279. The number of nitrogens with one attached hydrogen (secondary N) is 1. The Hall–Kier alpha value is -2.63. The maximum absolute atomic E-state index is 12.3. The lowest BCUT2D eigenvalue weighted by Gasteiger charge is -2.16. The molecule has 0 spiro atoms. The van der Waals surface area contributed by atoms with Gasteiger partial charge in [-0.15, -0.1) is 0 Å². The van der Waals surface area contributed by atoms with Crippen LogP contribution in [0.4, 0.5) is 0 Å². The van der Waals surface area contributed by atoms with Gasteiger partial charge < -0.3 is 10.1 Å². The minimum absolute atomic E-state index is 0.0562. The maximum atomic E-state index is 12.3. The summed E-state index contributed by atoms with van der Waals surface area (Å²) in [6.07, 6.45) is 6.79. The van der Waals surface area contributed by atoms with E-state index in [9.17, 15) is 9.59 Å². The molecule has 3 rings (SSSR count). The Bertz CT molecular complexity index is 791. The van der Waals surface area contributed by atoms with Gasteiger partial charge >= 0.3 is 0 Å². The summed E-state index contributed by atoms with van der Waals surface area (Å²) in [5.41, 5.74) is 1.23. The van der Waals surface area contributed by atoms with Crippen LogP contribution in [0.25, 0.3) is 11.3 Å². The van der Waals surface area contributed by atoms with Crippen LogP contribution in [-0.2, 0) is 11.3 Å². The Labute approximate surface area is 153 Å². The maximum Gasteiger partial charge on any atom is 0.267 e. The molecule has 6 nitrogen and oxygen atoms in total. The highest BCUT2D eigenvalue weighted by Crippen LogP contribution is 2.19. The number of benzene rings is 1. The Morgan fingerprint density at radius 3 is 2.46 bits per heavy atom. The van der Waals surface area contributed by atoms with Crippen molar-refractivity contribution in [2.24, 2.45) is 0 Å². The number of nitrogens with zero attached hydrogens (tertiary/aromatic N) is 2. The van der Waals surface area contributed by atoms with Gasteiger partial charge in [0.15, 0.2) is 0 Å². The molecule has 1 N–H and O–H groups in total. The monoisotopic (exact) mass is 355 g/mol. The molecule has 1 fully saturated rings. The molecule has 1 amide bonds. The summed E-state index contributed by atoms with van der Waals surface area (Å²) in [5, 5.41) is 7.41. The van der Waals surface area contributed by atoms with Crippen molar-refractivity contribution >= 4 is 5.91 Å². The molecule has 26 heavy (non-hydrogen) atoms. The largest absolute Gasteiger partial charge is 0.497 e. The van der Waals surface area contributed by atoms with E-state index in [1.165, 1.54) is 23.6 Å². The van der Waals surface area contributed by atoms with Gasteiger partial charge in [0, 0.05) is 17.7 Å². The highest BCUT2D eigenvalue weighted by molar-refractivity contribution is 5.76. The summed E-state index contributed by atoms with van der Waals surface area (Å²) in [6.45, 7) is -0.0562. The Kier molecular flexibility index (Phi) is 6.04. The van der Waals surface area contributed by atoms with Gasteiger partial charge in [-0.3, -0.25) is 9.59 Å². The molecule has 0 radical (unpaired) electrons. The van der Waals surface area contributed by atoms with Gasteiger partial charge in [-0.2, -0.15) is 5.10 Å². The molecule has 1 aliphatic rings. The summed E-state index contributed by atoms with van der Waals surface area (Å²) in [4.78, 5) is 24.4. The summed E-state index contributed by atoms with van der Waals surface area (Å²) >= 11 is 0. The molecule has 0 atom stereocenters. The second-order valence-corrected chi connectivity index (χ2v) is 6.70. The lowest BCUT2D eigenvalue weighted by molar-refractivity contribution is -0.122. The zero-order chi connectivity index (χ0) is 18.4. The molecule has 1 aromatic heterocycles. The van der Waals surface area contributed by atoms with Crippen molar-refractivity contribution in [2.45, 2.75) is 51.1 Å². The lowest BCUT2D eigenvalue weighted by Crippen LogP contribution is -2.39. The van der Waals surface area contributed by atoms with Crippen molar-refractivity contribution < 1.29 is 9.53 Å². The fraction of sp³-hybridized carbons (Fsp3) is 0.450. The molecular formula is C20H25N3O3. The normalized spacial score (nSPS) is 15.3. The van der Waals surface area contributed by atoms with E-state index in [0.717, 1.165) is 37.0 Å². The van der Waals surface area contributed by atoms with E-state index < -0.39 is 0 Å². The molecule has 1 aromatic carbocycles. The number of carbonyl (C=O) groups is 1. The number of methoxy groups -OCH3 is 1. The third-order valence-electron chi connectivity index (χ3n) is 4.77. The van der Waals surface area contributed by atoms with Crippen LogP contribution in [0.1, 0.15) is 38.5 Å². The van der Waals surface area contributed by atoms with Crippen LogP contribution >= 0.6 is 0 Å². The molecule has 2 aromatic rings. The summed E-state index contributed by atoms with van der Waals surface area (Å²) in [7, 11) is 1.61. The lowest BCUT2D eigenvalue weighted by atomic mass is 10.1. The van der Waals surface area contributed by atoms with Gasteiger partial charge in [0.2, 0.25) is 5.91 Å². The van der Waals surface area contributed by atoms with Crippen molar-refractivity contribution in [1.29, 1.82) is 0 Å². The average Bonchev–Trinajstić information content (AvgIpc) is 2.92. The molecule has 138 valence electrons. The van der Waals surface area contributed by atoms with Crippen LogP contribution in [0, 0.1) is 0 Å². The third kappa shape index (κ3) is 4.71. The predicted octanol–water partition coefficient (Wildman–Crippen LogP) is 2.76. The second kappa shape index (κ2) is 8.65. The summed E-state index contributed by atoms with van der Waals surface area (Å²) < 4.78 is 6.38. The van der Waals surface area contributed by atoms with Crippen LogP contribution in [0.5, 0.6) is 5.75 Å². The number of hydrogen-bond acceptors (Lipinski definition) is 4. The van der Waals surface area contributed by atoms with E-state index in [1.807, 2.05) is 24.3 Å². The van der Waals surface area contributed by atoms with Crippen molar-refractivity contribution in [3.63, 3.8) is 0 Å². The van der Waals surface area contributed by atoms with Gasteiger partial charge in [-0.25, -0.2) is 4.68 Å². The van der Waals surface area contributed by atoms with Gasteiger partial charge in [0.25, 0.3) is 5.56 Å². The number of aromatic nitrogens is 2. The second-order valence-electron chi connectivity index (χ2n) is 6.70. The van der Waals surface area contributed by atoms with E-state index in [-0.39, 0.29) is 24.1 Å². The topological polar surface area (TPSA) is 73.2 Å². The van der Waals surface area contributed by atoms with Crippen molar-refractivity contribution in [2.75, 3.05) is 7.11 Å². The van der Waals surface area contributed by atoms with Crippen LogP contribution in [0.2, 0.25) is 0 Å².